The van der Waals surface area contributed by atoms with E-state index in [-0.39, 0.29) is 23.3 Å². The molecule has 2 fully saturated rings. The van der Waals surface area contributed by atoms with E-state index in [0.717, 1.165) is 45.2 Å². The van der Waals surface area contributed by atoms with Gasteiger partial charge in [-0.3, -0.25) is 4.79 Å². The fourth-order valence-electron chi connectivity index (χ4n) is 5.05. The predicted octanol–water partition coefficient (Wildman–Crippen LogP) is 3.56. The van der Waals surface area contributed by atoms with Crippen LogP contribution < -0.4 is 0 Å². The van der Waals surface area contributed by atoms with E-state index in [0.29, 0.717) is 30.3 Å². The number of amides is 1. The fraction of sp³-hybridized carbons (Fsp3) is 0.583. The third-order valence-corrected chi connectivity index (χ3v) is 9.02. The van der Waals surface area contributed by atoms with Crippen molar-refractivity contribution in [3.63, 3.8) is 0 Å². The molecule has 0 saturated carbocycles. The summed E-state index contributed by atoms with van der Waals surface area (Å²) in [5, 5.41) is 3.79. The first kappa shape index (κ1) is 23.0. The van der Waals surface area contributed by atoms with E-state index in [2.05, 4.69) is 29.4 Å². The van der Waals surface area contributed by atoms with Crippen LogP contribution in [-0.2, 0) is 21.2 Å². The summed E-state index contributed by atoms with van der Waals surface area (Å²) in [6.45, 7) is 5.45. The third-order valence-electron chi connectivity index (χ3n) is 6.91. The van der Waals surface area contributed by atoms with Gasteiger partial charge in [-0.15, -0.1) is 0 Å². The van der Waals surface area contributed by atoms with Gasteiger partial charge < -0.3 is 9.42 Å². The lowest BCUT2D eigenvalue weighted by atomic mass is 9.89. The average molecular weight is 460 g/mol. The molecule has 3 heterocycles. The van der Waals surface area contributed by atoms with Crippen molar-refractivity contribution in [2.24, 2.45) is 11.8 Å². The lowest BCUT2D eigenvalue weighted by molar-refractivity contribution is -0.138. The predicted molar refractivity (Wildman–Crippen MR) is 122 cm³/mol. The third kappa shape index (κ3) is 4.91. The molecule has 0 aliphatic carbocycles. The first-order valence-corrected chi connectivity index (χ1v) is 13.1. The van der Waals surface area contributed by atoms with Crippen molar-refractivity contribution in [2.75, 3.05) is 26.2 Å². The molecular formula is C24H33N3O4S. The molecule has 1 aromatic heterocycles. The number of hydrogen-bond acceptors (Lipinski definition) is 5. The van der Waals surface area contributed by atoms with Crippen molar-refractivity contribution < 1.29 is 17.7 Å². The van der Waals surface area contributed by atoms with Gasteiger partial charge in [0, 0.05) is 26.2 Å². The summed E-state index contributed by atoms with van der Waals surface area (Å²) in [4.78, 5) is 15.3. The number of carbonyl (C=O) groups excluding carboxylic acids is 1. The quantitative estimate of drug-likeness (QED) is 0.660. The zero-order chi connectivity index (χ0) is 22.7. The lowest BCUT2D eigenvalue weighted by Crippen LogP contribution is -2.48. The van der Waals surface area contributed by atoms with Gasteiger partial charge >= 0.3 is 0 Å². The monoisotopic (exact) mass is 459 g/mol. The van der Waals surface area contributed by atoms with Crippen molar-refractivity contribution in [2.45, 2.75) is 57.3 Å². The minimum atomic E-state index is -3.71. The molecule has 1 atom stereocenters. The van der Waals surface area contributed by atoms with Gasteiger partial charge in [-0.2, -0.15) is 4.31 Å². The van der Waals surface area contributed by atoms with Crippen LogP contribution in [0.4, 0.5) is 0 Å². The van der Waals surface area contributed by atoms with Gasteiger partial charge in [-0.25, -0.2) is 8.42 Å². The van der Waals surface area contributed by atoms with Gasteiger partial charge in [0.2, 0.25) is 15.9 Å². The van der Waals surface area contributed by atoms with E-state index in [1.807, 2.05) is 11.0 Å². The van der Waals surface area contributed by atoms with Gasteiger partial charge in [-0.05, 0) is 63.9 Å². The summed E-state index contributed by atoms with van der Waals surface area (Å²) < 4.78 is 32.8. The second-order valence-electron chi connectivity index (χ2n) is 9.15. The van der Waals surface area contributed by atoms with Crippen molar-refractivity contribution in [3.8, 4) is 0 Å². The smallest absolute Gasteiger partial charge is 0.248 e. The Morgan fingerprint density at radius 1 is 1.09 bits per heavy atom. The van der Waals surface area contributed by atoms with E-state index < -0.39 is 10.0 Å². The van der Waals surface area contributed by atoms with Crippen LogP contribution in [0.3, 0.4) is 0 Å². The molecule has 2 aromatic rings. The van der Waals surface area contributed by atoms with Crippen molar-refractivity contribution in [3.05, 3.63) is 47.3 Å². The van der Waals surface area contributed by atoms with E-state index in [1.54, 1.807) is 13.8 Å². The lowest BCUT2D eigenvalue weighted by Gasteiger charge is -2.37. The maximum Gasteiger partial charge on any atom is 0.248 e. The van der Waals surface area contributed by atoms with Crippen molar-refractivity contribution >= 4 is 15.9 Å². The Labute approximate surface area is 190 Å². The standard InChI is InChI=1S/C24H33N3O4S/c1-18-23(19(2)31-25-18)32(29,30)27-14-6-9-22(17-27)24(28)26-15-12-21(13-16-26)11-10-20-7-4-3-5-8-20/h3-5,7-8,21-22H,6,9-17H2,1-2H3. The summed E-state index contributed by atoms with van der Waals surface area (Å²) in [6.07, 6.45) is 5.70. The molecule has 0 spiro atoms. The van der Waals surface area contributed by atoms with Gasteiger partial charge in [0.15, 0.2) is 5.76 Å². The minimum absolute atomic E-state index is 0.102. The average Bonchev–Trinajstić information content (AvgIpc) is 3.17. The number of likely N-dealkylation sites (tertiary alicyclic amines) is 1. The van der Waals surface area contributed by atoms with E-state index in [9.17, 15) is 13.2 Å². The molecule has 2 saturated heterocycles. The zero-order valence-electron chi connectivity index (χ0n) is 19.0. The summed E-state index contributed by atoms with van der Waals surface area (Å²) in [5.74, 6) is 0.764. The first-order chi connectivity index (χ1) is 15.4. The Bertz CT molecular complexity index is 1010. The van der Waals surface area contributed by atoms with Crippen LogP contribution in [0.25, 0.3) is 0 Å². The van der Waals surface area contributed by atoms with Crippen LogP contribution in [0, 0.1) is 25.7 Å². The molecule has 2 aliphatic heterocycles. The minimum Gasteiger partial charge on any atom is -0.360 e. The summed E-state index contributed by atoms with van der Waals surface area (Å²) in [5.41, 5.74) is 1.74. The van der Waals surface area contributed by atoms with Gasteiger partial charge in [-0.1, -0.05) is 35.5 Å². The van der Waals surface area contributed by atoms with E-state index >= 15 is 0 Å². The summed E-state index contributed by atoms with van der Waals surface area (Å²) in [6, 6.07) is 10.5. The number of aryl methyl sites for hydroxylation is 3. The van der Waals surface area contributed by atoms with Crippen LogP contribution in [-0.4, -0.2) is 54.9 Å². The number of nitrogens with zero attached hydrogens (tertiary/aromatic N) is 3. The molecule has 8 heteroatoms. The number of benzene rings is 1. The Kier molecular flexibility index (Phi) is 7.00. The summed E-state index contributed by atoms with van der Waals surface area (Å²) >= 11 is 0. The molecule has 1 unspecified atom stereocenters. The molecule has 32 heavy (non-hydrogen) atoms. The normalized spacial score (nSPS) is 21.1. The number of hydrogen-bond donors (Lipinski definition) is 0. The maximum atomic E-state index is 13.2. The Hall–Kier alpha value is -2.19. The van der Waals surface area contributed by atoms with Gasteiger partial charge in [0.1, 0.15) is 10.6 Å². The summed E-state index contributed by atoms with van der Waals surface area (Å²) in [7, 11) is -3.71. The molecule has 1 aromatic carbocycles. The van der Waals surface area contributed by atoms with Crippen LogP contribution in [0.15, 0.2) is 39.8 Å². The maximum absolute atomic E-state index is 13.2. The first-order valence-electron chi connectivity index (χ1n) is 11.6. The molecule has 174 valence electrons. The highest BCUT2D eigenvalue weighted by Crippen LogP contribution is 2.30. The molecule has 0 bridgehead atoms. The van der Waals surface area contributed by atoms with Gasteiger partial charge in [0.05, 0.1) is 5.92 Å². The van der Waals surface area contributed by atoms with Crippen LogP contribution in [0.5, 0.6) is 0 Å². The number of sulfonamides is 1. The van der Waals surface area contributed by atoms with E-state index in [1.165, 1.54) is 9.87 Å². The number of rotatable bonds is 6. The van der Waals surface area contributed by atoms with Crippen LogP contribution in [0.2, 0.25) is 0 Å². The van der Waals surface area contributed by atoms with Crippen molar-refractivity contribution in [1.82, 2.24) is 14.4 Å². The largest absolute Gasteiger partial charge is 0.360 e. The molecule has 7 nitrogen and oxygen atoms in total. The molecule has 2 aliphatic rings. The second-order valence-corrected chi connectivity index (χ2v) is 11.0. The Morgan fingerprint density at radius 3 is 2.47 bits per heavy atom. The van der Waals surface area contributed by atoms with Gasteiger partial charge in [0.25, 0.3) is 0 Å². The molecule has 1 amide bonds. The Balaban J connectivity index is 1.32. The Morgan fingerprint density at radius 2 is 1.81 bits per heavy atom. The molecule has 4 rings (SSSR count). The molecular weight excluding hydrogens is 426 g/mol. The highest BCUT2D eigenvalue weighted by Gasteiger charge is 2.38. The second kappa shape index (κ2) is 9.75. The van der Waals surface area contributed by atoms with Crippen LogP contribution >= 0.6 is 0 Å². The number of carbonyl (C=O) groups is 1. The number of piperidine rings is 2. The van der Waals surface area contributed by atoms with Crippen molar-refractivity contribution in [1.29, 1.82) is 0 Å². The fourth-order valence-corrected chi connectivity index (χ4v) is 6.86. The SMILES string of the molecule is Cc1noc(C)c1S(=O)(=O)N1CCCC(C(=O)N2CCC(CCc3ccccc3)CC2)C1. The van der Waals surface area contributed by atoms with E-state index in [4.69, 9.17) is 4.52 Å². The zero-order valence-corrected chi connectivity index (χ0v) is 19.8. The highest BCUT2D eigenvalue weighted by atomic mass is 32.2. The molecule has 0 N–H and O–H groups in total. The van der Waals surface area contributed by atoms with Crippen LogP contribution in [0.1, 0.15) is 49.1 Å². The highest BCUT2D eigenvalue weighted by molar-refractivity contribution is 7.89. The number of aromatic nitrogens is 1. The topological polar surface area (TPSA) is 83.7 Å². The molecule has 0 radical (unpaired) electrons.